The largest absolute Gasteiger partial charge is 0.495 e. The van der Waals surface area contributed by atoms with Gasteiger partial charge in [-0.1, -0.05) is 11.6 Å². The van der Waals surface area contributed by atoms with E-state index in [9.17, 15) is 14.4 Å². The summed E-state index contributed by atoms with van der Waals surface area (Å²) in [5.74, 6) is 0.00144. The first-order chi connectivity index (χ1) is 14.5. The fraction of sp³-hybridized carbons (Fsp3) is 0.381. The van der Waals surface area contributed by atoms with Crippen LogP contribution in [-0.4, -0.2) is 67.4 Å². The highest BCUT2D eigenvalue weighted by Crippen LogP contribution is 2.35. The smallest absolute Gasteiger partial charge is 0.289 e. The molecule has 3 amide bonds. The van der Waals surface area contributed by atoms with Crippen LogP contribution < -0.4 is 9.64 Å². The first-order valence-corrected chi connectivity index (χ1v) is 10.1. The van der Waals surface area contributed by atoms with E-state index in [2.05, 4.69) is 0 Å². The highest BCUT2D eigenvalue weighted by Gasteiger charge is 2.39. The molecule has 0 spiro atoms. The summed E-state index contributed by atoms with van der Waals surface area (Å²) in [6, 6.07) is 8.36. The Morgan fingerprint density at radius 2 is 1.87 bits per heavy atom. The van der Waals surface area contributed by atoms with Gasteiger partial charge in [-0.3, -0.25) is 14.4 Å². The number of hydrogen-bond acceptors (Lipinski definition) is 5. The van der Waals surface area contributed by atoms with Crippen LogP contribution in [0.3, 0.4) is 0 Å². The Labute approximate surface area is 178 Å². The predicted molar refractivity (Wildman–Crippen MR) is 110 cm³/mol. The second-order valence-electron chi connectivity index (χ2n) is 7.32. The van der Waals surface area contributed by atoms with Crippen molar-refractivity contribution < 1.29 is 23.5 Å². The van der Waals surface area contributed by atoms with E-state index < -0.39 is 5.92 Å². The molecule has 0 bridgehead atoms. The second kappa shape index (κ2) is 8.39. The van der Waals surface area contributed by atoms with E-state index in [0.29, 0.717) is 48.4 Å². The Balaban J connectivity index is 1.39. The summed E-state index contributed by atoms with van der Waals surface area (Å²) in [6.07, 6.45) is 1.60. The minimum atomic E-state index is -0.437. The summed E-state index contributed by atoms with van der Waals surface area (Å²) in [5.41, 5.74) is 0.569. The van der Waals surface area contributed by atoms with Crippen molar-refractivity contribution in [1.82, 2.24) is 9.80 Å². The lowest BCUT2D eigenvalue weighted by Crippen LogP contribution is -2.52. The molecule has 2 aliphatic rings. The van der Waals surface area contributed by atoms with Crippen LogP contribution >= 0.6 is 11.6 Å². The number of benzene rings is 1. The summed E-state index contributed by atoms with van der Waals surface area (Å²) in [5, 5.41) is 0.491. The van der Waals surface area contributed by atoms with Crippen LogP contribution in [0.1, 0.15) is 17.0 Å². The number of carbonyl (C=O) groups excluding carboxylic acids is 3. The summed E-state index contributed by atoms with van der Waals surface area (Å²) in [7, 11) is 1.53. The van der Waals surface area contributed by atoms with Crippen molar-refractivity contribution in [3.05, 3.63) is 47.4 Å². The Bertz CT molecular complexity index is 954. The molecule has 0 saturated carbocycles. The highest BCUT2D eigenvalue weighted by atomic mass is 35.5. The topological polar surface area (TPSA) is 83.3 Å². The van der Waals surface area contributed by atoms with Gasteiger partial charge in [0.25, 0.3) is 5.91 Å². The van der Waals surface area contributed by atoms with Crippen LogP contribution in [0.2, 0.25) is 5.02 Å². The number of ether oxygens (including phenoxy) is 1. The SMILES string of the molecule is COc1ccc(Cl)cc1N1C[C@@H](C(=O)N2CCN(C(=O)c3ccco3)CC2)CC1=O. The number of piperazine rings is 1. The van der Waals surface area contributed by atoms with Crippen molar-refractivity contribution >= 4 is 35.0 Å². The summed E-state index contributed by atoms with van der Waals surface area (Å²) in [4.78, 5) is 43.0. The zero-order chi connectivity index (χ0) is 21.3. The maximum Gasteiger partial charge on any atom is 0.289 e. The minimum absolute atomic E-state index is 0.0723. The Morgan fingerprint density at radius 3 is 2.53 bits per heavy atom. The van der Waals surface area contributed by atoms with E-state index in [4.69, 9.17) is 20.8 Å². The van der Waals surface area contributed by atoms with Crippen LogP contribution in [0.5, 0.6) is 5.75 Å². The van der Waals surface area contributed by atoms with E-state index in [-0.39, 0.29) is 30.7 Å². The predicted octanol–water partition coefficient (Wildman–Crippen LogP) is 2.28. The quantitative estimate of drug-likeness (QED) is 0.741. The maximum atomic E-state index is 13.0. The number of nitrogens with zero attached hydrogens (tertiary/aromatic N) is 3. The van der Waals surface area contributed by atoms with Gasteiger partial charge in [0.2, 0.25) is 11.8 Å². The molecule has 1 atom stereocenters. The zero-order valence-electron chi connectivity index (χ0n) is 16.5. The molecule has 0 N–H and O–H groups in total. The van der Waals surface area contributed by atoms with Crippen molar-refractivity contribution in [2.45, 2.75) is 6.42 Å². The molecule has 1 aromatic carbocycles. The molecular formula is C21H22ClN3O5. The fourth-order valence-electron chi connectivity index (χ4n) is 3.92. The van der Waals surface area contributed by atoms with Gasteiger partial charge in [0.05, 0.1) is 25.0 Å². The van der Waals surface area contributed by atoms with E-state index in [0.717, 1.165) is 0 Å². The van der Waals surface area contributed by atoms with Crippen LogP contribution in [0.15, 0.2) is 41.0 Å². The number of methoxy groups -OCH3 is 1. The van der Waals surface area contributed by atoms with Crippen molar-refractivity contribution in [2.75, 3.05) is 44.7 Å². The molecule has 0 radical (unpaired) electrons. The van der Waals surface area contributed by atoms with Gasteiger partial charge in [-0.25, -0.2) is 0 Å². The third kappa shape index (κ3) is 3.87. The molecule has 2 aliphatic heterocycles. The van der Waals surface area contributed by atoms with Crippen LogP contribution in [0, 0.1) is 5.92 Å². The number of rotatable bonds is 4. The Morgan fingerprint density at radius 1 is 1.13 bits per heavy atom. The average Bonchev–Trinajstić information content (AvgIpc) is 3.43. The fourth-order valence-corrected chi connectivity index (χ4v) is 4.09. The lowest BCUT2D eigenvalue weighted by atomic mass is 10.1. The molecule has 2 fully saturated rings. The molecule has 8 nitrogen and oxygen atoms in total. The molecule has 30 heavy (non-hydrogen) atoms. The van der Waals surface area contributed by atoms with Crippen LogP contribution in [-0.2, 0) is 9.59 Å². The van der Waals surface area contributed by atoms with Gasteiger partial charge in [0.1, 0.15) is 5.75 Å². The number of carbonyl (C=O) groups is 3. The lowest BCUT2D eigenvalue weighted by molar-refractivity contribution is -0.137. The van der Waals surface area contributed by atoms with Gasteiger partial charge in [-0.05, 0) is 30.3 Å². The first kappa shape index (κ1) is 20.3. The third-order valence-electron chi connectivity index (χ3n) is 5.52. The normalized spacial score (nSPS) is 19.3. The highest BCUT2D eigenvalue weighted by molar-refractivity contribution is 6.31. The lowest BCUT2D eigenvalue weighted by Gasteiger charge is -2.35. The standard InChI is InChI=1S/C21H22ClN3O5/c1-29-17-5-4-15(22)12-16(17)25-13-14(11-19(25)26)20(27)23-6-8-24(9-7-23)21(28)18-3-2-10-30-18/h2-5,10,12,14H,6-9,11,13H2,1H3/t14-/m0/s1. The third-order valence-corrected chi connectivity index (χ3v) is 5.75. The molecule has 0 unspecified atom stereocenters. The van der Waals surface area contributed by atoms with Crippen LogP contribution in [0.4, 0.5) is 5.69 Å². The van der Waals surface area contributed by atoms with E-state index in [1.165, 1.54) is 13.4 Å². The molecule has 158 valence electrons. The van der Waals surface area contributed by atoms with Gasteiger partial charge < -0.3 is 23.9 Å². The van der Waals surface area contributed by atoms with Crippen molar-refractivity contribution in [2.24, 2.45) is 5.92 Å². The van der Waals surface area contributed by atoms with Crippen molar-refractivity contribution in [1.29, 1.82) is 0 Å². The van der Waals surface area contributed by atoms with E-state index in [1.807, 2.05) is 0 Å². The number of anilines is 1. The zero-order valence-corrected chi connectivity index (χ0v) is 17.3. The molecule has 2 aromatic rings. The molecule has 4 rings (SSSR count). The van der Waals surface area contributed by atoms with Crippen molar-refractivity contribution in [3.63, 3.8) is 0 Å². The number of halogens is 1. The second-order valence-corrected chi connectivity index (χ2v) is 7.75. The van der Waals surface area contributed by atoms with E-state index in [1.54, 1.807) is 45.0 Å². The number of hydrogen-bond donors (Lipinski definition) is 0. The minimum Gasteiger partial charge on any atom is -0.495 e. The van der Waals surface area contributed by atoms with Gasteiger partial charge in [-0.15, -0.1) is 0 Å². The molecule has 2 saturated heterocycles. The molecule has 1 aromatic heterocycles. The molecule has 9 heteroatoms. The number of amides is 3. The Kier molecular flexibility index (Phi) is 5.67. The van der Waals surface area contributed by atoms with Gasteiger partial charge in [0.15, 0.2) is 5.76 Å². The van der Waals surface area contributed by atoms with Crippen LogP contribution in [0.25, 0.3) is 0 Å². The molecule has 3 heterocycles. The van der Waals surface area contributed by atoms with Gasteiger partial charge in [-0.2, -0.15) is 0 Å². The summed E-state index contributed by atoms with van der Waals surface area (Å²) < 4.78 is 10.5. The van der Waals surface area contributed by atoms with Crippen molar-refractivity contribution in [3.8, 4) is 5.75 Å². The average molecular weight is 432 g/mol. The first-order valence-electron chi connectivity index (χ1n) is 9.73. The monoisotopic (exact) mass is 431 g/mol. The summed E-state index contributed by atoms with van der Waals surface area (Å²) >= 11 is 6.09. The Hall–Kier alpha value is -3.00. The van der Waals surface area contributed by atoms with E-state index >= 15 is 0 Å². The molecule has 0 aliphatic carbocycles. The van der Waals surface area contributed by atoms with Gasteiger partial charge in [0, 0.05) is 44.2 Å². The maximum absolute atomic E-state index is 13.0. The molecular weight excluding hydrogens is 410 g/mol. The summed E-state index contributed by atoms with van der Waals surface area (Å²) in [6.45, 7) is 1.99. The van der Waals surface area contributed by atoms with Gasteiger partial charge >= 0.3 is 0 Å². The number of furan rings is 1.